The summed E-state index contributed by atoms with van der Waals surface area (Å²) in [5.74, 6) is -0.500. The Bertz CT molecular complexity index is 963. The fourth-order valence-electron chi connectivity index (χ4n) is 3.23. The number of amides is 1. The van der Waals surface area contributed by atoms with Crippen LogP contribution in [0.3, 0.4) is 0 Å². The molecule has 0 bridgehead atoms. The summed E-state index contributed by atoms with van der Waals surface area (Å²) < 4.78 is 18.3. The minimum absolute atomic E-state index is 0. The van der Waals surface area contributed by atoms with Crippen LogP contribution < -0.4 is 17.0 Å². The van der Waals surface area contributed by atoms with Crippen molar-refractivity contribution in [2.45, 2.75) is 50.8 Å². The van der Waals surface area contributed by atoms with Crippen LogP contribution in [0.25, 0.3) is 11.2 Å². The van der Waals surface area contributed by atoms with Crippen molar-refractivity contribution in [2.24, 2.45) is 11.8 Å². The third-order valence-electron chi connectivity index (χ3n) is 4.79. The zero-order valence-electron chi connectivity index (χ0n) is 16.7. The molecule has 5 atom stereocenters. The summed E-state index contributed by atoms with van der Waals surface area (Å²) in [6.07, 6.45) is 1.79. The molecular weight excluding hydrogens is 419 g/mol. The molecule has 6 N–H and O–H groups in total. The molecule has 2 aromatic heterocycles. The highest BCUT2D eigenvalue weighted by Crippen LogP contribution is 2.50. The maximum atomic E-state index is 12.4. The Kier molecular flexibility index (Phi) is 7.52. The number of fused-ring (bicyclic) bond motifs is 1. The summed E-state index contributed by atoms with van der Waals surface area (Å²) in [7, 11) is -2.78. The first-order valence-electron chi connectivity index (χ1n) is 8.99. The number of nitrogens with one attached hydrogen (secondary N) is 2. The summed E-state index contributed by atoms with van der Waals surface area (Å²) in [5, 5.41) is 2.42. The van der Waals surface area contributed by atoms with Gasteiger partial charge < -0.3 is 6.15 Å². The molecule has 1 amide bonds. The zero-order chi connectivity index (χ0) is 20.6. The smallest absolute Gasteiger partial charge is 0.344 e. The first-order chi connectivity index (χ1) is 13.2. The van der Waals surface area contributed by atoms with Gasteiger partial charge in [0.25, 0.3) is 5.56 Å². The predicted molar refractivity (Wildman–Crippen MR) is 111 cm³/mol. The Labute approximate surface area is 172 Å². The standard InChI is InChI=1S/C16H22N5O5PS.H3N/c1-5-9-8(4)11(26-27(24)25)15(28-9)21-6-17-10-12(21)18-16(20-14(10)23)19-13(22)7(2)3;/h6-9,11,15H,5H2,1-4H3,(H2-,18,19,20,22,23,24,25);1H3/p+1/t8-,9-,11-,15-;/m1./s1. The van der Waals surface area contributed by atoms with Gasteiger partial charge in [0.15, 0.2) is 11.2 Å². The van der Waals surface area contributed by atoms with Gasteiger partial charge in [-0.05, 0) is 6.42 Å². The highest BCUT2D eigenvalue weighted by molar-refractivity contribution is 8.00. The summed E-state index contributed by atoms with van der Waals surface area (Å²) in [6, 6.07) is 0. The summed E-state index contributed by atoms with van der Waals surface area (Å²) >= 11 is 1.59. The van der Waals surface area contributed by atoms with Crippen LogP contribution in [-0.4, -0.2) is 41.7 Å². The van der Waals surface area contributed by atoms with Crippen LogP contribution in [0.15, 0.2) is 11.1 Å². The van der Waals surface area contributed by atoms with Gasteiger partial charge in [-0.15, -0.1) is 21.2 Å². The number of thioether (sulfide) groups is 1. The van der Waals surface area contributed by atoms with E-state index >= 15 is 0 Å². The van der Waals surface area contributed by atoms with E-state index in [4.69, 9.17) is 4.52 Å². The summed E-state index contributed by atoms with van der Waals surface area (Å²) in [5.41, 5.74) is -0.0643. The first kappa shape index (κ1) is 23.4. The van der Waals surface area contributed by atoms with Gasteiger partial charge in [0.2, 0.25) is 11.9 Å². The number of carbonyl (C=O) groups excluding carboxylic acids is 1. The zero-order valence-corrected chi connectivity index (χ0v) is 18.4. The van der Waals surface area contributed by atoms with Crippen molar-refractivity contribution in [3.63, 3.8) is 0 Å². The average molecular weight is 445 g/mol. The molecule has 2 aromatic rings. The van der Waals surface area contributed by atoms with E-state index in [9.17, 15) is 19.0 Å². The second kappa shape index (κ2) is 9.31. The maximum absolute atomic E-state index is 12.4. The van der Waals surface area contributed by atoms with Gasteiger partial charge in [0.05, 0.1) is 6.33 Å². The molecule has 160 valence electrons. The van der Waals surface area contributed by atoms with E-state index in [1.807, 2.05) is 13.8 Å². The number of aromatic nitrogens is 4. The molecule has 1 unspecified atom stereocenters. The van der Waals surface area contributed by atoms with Crippen molar-refractivity contribution in [1.82, 2.24) is 25.7 Å². The van der Waals surface area contributed by atoms with Gasteiger partial charge in [-0.25, -0.2) is 4.98 Å². The molecule has 0 saturated carbocycles. The van der Waals surface area contributed by atoms with E-state index in [2.05, 4.69) is 20.3 Å². The predicted octanol–water partition coefficient (Wildman–Crippen LogP) is 2.57. The molecule has 3 rings (SSSR count). The SMILES string of the molecule is CC[C@H]1S[C@@H](n2cnc3c(=O)[nH]c(NC(=O)C(C)C)nc32)[C@H](O[P+](=O)O)[C@@H]1C.N. The normalized spacial score (nSPS) is 24.6. The van der Waals surface area contributed by atoms with Gasteiger partial charge >= 0.3 is 8.25 Å². The molecule has 0 aliphatic carbocycles. The third-order valence-corrected chi connectivity index (χ3v) is 7.10. The molecule has 3 heterocycles. The third kappa shape index (κ3) is 4.67. The lowest BCUT2D eigenvalue weighted by Gasteiger charge is -2.17. The van der Waals surface area contributed by atoms with Crippen LogP contribution in [-0.2, 0) is 13.9 Å². The van der Waals surface area contributed by atoms with Crippen molar-refractivity contribution >= 4 is 43.0 Å². The van der Waals surface area contributed by atoms with Crippen molar-refractivity contribution in [3.05, 3.63) is 16.7 Å². The molecule has 0 spiro atoms. The van der Waals surface area contributed by atoms with E-state index < -0.39 is 19.9 Å². The lowest BCUT2D eigenvalue weighted by atomic mass is 9.99. The van der Waals surface area contributed by atoms with E-state index in [1.165, 1.54) is 6.33 Å². The largest absolute Gasteiger partial charge is 0.695 e. The molecule has 1 aliphatic heterocycles. The molecule has 13 heteroatoms. The van der Waals surface area contributed by atoms with Gasteiger partial charge in [-0.1, -0.05) is 27.7 Å². The Hall–Kier alpha value is -1.85. The maximum Gasteiger partial charge on any atom is 0.695 e. The van der Waals surface area contributed by atoms with E-state index in [-0.39, 0.29) is 51.6 Å². The van der Waals surface area contributed by atoms with Crippen molar-refractivity contribution < 1.29 is 18.8 Å². The number of anilines is 1. The molecular formula is C16H26N6O5PS+. The summed E-state index contributed by atoms with van der Waals surface area (Å²) in [4.78, 5) is 44.6. The second-order valence-electron chi connectivity index (χ2n) is 7.02. The molecule has 1 saturated heterocycles. The van der Waals surface area contributed by atoms with Crippen LogP contribution in [0.1, 0.15) is 39.5 Å². The van der Waals surface area contributed by atoms with Gasteiger partial charge in [-0.3, -0.25) is 24.5 Å². The lowest BCUT2D eigenvalue weighted by molar-refractivity contribution is -0.118. The highest BCUT2D eigenvalue weighted by Gasteiger charge is 2.47. The highest BCUT2D eigenvalue weighted by atomic mass is 32.2. The van der Waals surface area contributed by atoms with Gasteiger partial charge in [-0.2, -0.15) is 4.98 Å². The van der Waals surface area contributed by atoms with E-state index in [0.717, 1.165) is 6.42 Å². The average Bonchev–Trinajstić information content (AvgIpc) is 3.16. The quantitative estimate of drug-likeness (QED) is 0.487. The molecule has 29 heavy (non-hydrogen) atoms. The van der Waals surface area contributed by atoms with Crippen LogP contribution in [0.5, 0.6) is 0 Å². The van der Waals surface area contributed by atoms with Gasteiger partial charge in [0, 0.05) is 21.7 Å². The van der Waals surface area contributed by atoms with Crippen LogP contribution in [0.4, 0.5) is 5.95 Å². The van der Waals surface area contributed by atoms with Crippen LogP contribution in [0.2, 0.25) is 0 Å². The summed E-state index contributed by atoms with van der Waals surface area (Å²) in [6.45, 7) is 7.48. The van der Waals surface area contributed by atoms with Gasteiger partial charge in [0.1, 0.15) is 11.5 Å². The minimum Gasteiger partial charge on any atom is -0.344 e. The number of hydrogen-bond donors (Lipinski definition) is 4. The van der Waals surface area contributed by atoms with E-state index in [0.29, 0.717) is 0 Å². The number of imidazole rings is 1. The Balaban J connectivity index is 0.00000300. The van der Waals surface area contributed by atoms with Crippen molar-refractivity contribution in [3.8, 4) is 0 Å². The Morgan fingerprint density at radius 2 is 2.21 bits per heavy atom. The number of rotatable bonds is 6. The molecule has 1 aliphatic rings. The Morgan fingerprint density at radius 1 is 1.52 bits per heavy atom. The molecule has 11 nitrogen and oxygen atoms in total. The fourth-order valence-corrected chi connectivity index (χ4v) is 5.52. The molecule has 1 fully saturated rings. The van der Waals surface area contributed by atoms with Crippen molar-refractivity contribution in [1.29, 1.82) is 0 Å². The van der Waals surface area contributed by atoms with Crippen LogP contribution >= 0.6 is 20.0 Å². The molecule has 0 aromatic carbocycles. The number of aromatic amines is 1. The van der Waals surface area contributed by atoms with E-state index in [1.54, 1.807) is 30.2 Å². The first-order valence-corrected chi connectivity index (χ1v) is 11.1. The minimum atomic E-state index is -2.78. The number of nitrogens with zero attached hydrogens (tertiary/aromatic N) is 3. The van der Waals surface area contributed by atoms with Crippen molar-refractivity contribution in [2.75, 3.05) is 5.32 Å². The van der Waals surface area contributed by atoms with Crippen LogP contribution in [0, 0.1) is 11.8 Å². The monoisotopic (exact) mass is 445 g/mol. The number of H-pyrrole nitrogens is 1. The number of carbonyl (C=O) groups is 1. The number of hydrogen-bond acceptors (Lipinski definition) is 8. The fraction of sp³-hybridized carbons (Fsp3) is 0.625. The second-order valence-corrected chi connectivity index (χ2v) is 9.07. The Morgan fingerprint density at radius 3 is 2.79 bits per heavy atom. The molecule has 0 radical (unpaired) electrons. The lowest BCUT2D eigenvalue weighted by Crippen LogP contribution is -2.26. The topological polar surface area (TPSA) is 174 Å².